The van der Waals surface area contributed by atoms with Crippen LogP contribution in [0, 0.1) is 5.82 Å². The second kappa shape index (κ2) is 11.0. The van der Waals surface area contributed by atoms with Crippen molar-refractivity contribution in [2.45, 2.75) is 37.1 Å². The van der Waals surface area contributed by atoms with Gasteiger partial charge in [-0.2, -0.15) is 11.8 Å². The first kappa shape index (κ1) is 24.3. The molecule has 3 aromatic rings. The second-order valence-corrected chi connectivity index (χ2v) is 10.5. The molecule has 0 saturated heterocycles. The number of aromatic nitrogens is 3. The van der Waals surface area contributed by atoms with Crippen LogP contribution < -0.4 is 5.32 Å². The Kier molecular flexibility index (Phi) is 8.37. The molecule has 0 aliphatic carbocycles. The number of amides is 1. The molecule has 0 radical (unpaired) electrons. The van der Waals surface area contributed by atoms with Crippen molar-refractivity contribution in [2.24, 2.45) is 7.05 Å². The standard InChI is InChI=1S/C24H29FN4OS2/c1-24(2,3)19-11-9-17(10-12-19)22-27-28-23(29(22)4)32-16-21(30)26-13-14-31-15-18-7-5-6-8-20(18)25/h5-12H,13-16H2,1-4H3,(H,26,30). The Morgan fingerprint density at radius 1 is 1.09 bits per heavy atom. The molecular weight excluding hydrogens is 443 g/mol. The van der Waals surface area contributed by atoms with Crippen LogP contribution >= 0.6 is 23.5 Å². The van der Waals surface area contributed by atoms with E-state index in [1.807, 2.05) is 17.7 Å². The van der Waals surface area contributed by atoms with E-state index in [4.69, 9.17) is 0 Å². The van der Waals surface area contributed by atoms with Gasteiger partial charge in [0.2, 0.25) is 5.91 Å². The van der Waals surface area contributed by atoms with Gasteiger partial charge in [0.15, 0.2) is 11.0 Å². The third kappa shape index (κ3) is 6.59. The van der Waals surface area contributed by atoms with Crippen LogP contribution in [0.1, 0.15) is 31.9 Å². The van der Waals surface area contributed by atoms with E-state index < -0.39 is 0 Å². The predicted molar refractivity (Wildman–Crippen MR) is 131 cm³/mol. The van der Waals surface area contributed by atoms with Gasteiger partial charge in [-0.15, -0.1) is 10.2 Å². The maximum atomic E-state index is 13.6. The van der Waals surface area contributed by atoms with Gasteiger partial charge >= 0.3 is 0 Å². The van der Waals surface area contributed by atoms with Crippen molar-refractivity contribution in [3.63, 3.8) is 0 Å². The van der Waals surface area contributed by atoms with E-state index in [0.717, 1.165) is 17.1 Å². The third-order valence-electron chi connectivity index (χ3n) is 4.96. The summed E-state index contributed by atoms with van der Waals surface area (Å²) in [7, 11) is 1.91. The zero-order chi connectivity index (χ0) is 23.1. The SMILES string of the molecule is Cn1c(SCC(=O)NCCSCc2ccccc2F)nnc1-c1ccc(C(C)(C)C)cc1. The van der Waals surface area contributed by atoms with Gasteiger partial charge < -0.3 is 9.88 Å². The Labute approximate surface area is 197 Å². The minimum atomic E-state index is -0.186. The molecule has 0 aliphatic heterocycles. The Balaban J connectivity index is 1.43. The highest BCUT2D eigenvalue weighted by Gasteiger charge is 2.16. The second-order valence-electron chi connectivity index (χ2n) is 8.48. The number of benzene rings is 2. The van der Waals surface area contributed by atoms with Crippen molar-refractivity contribution in [1.82, 2.24) is 20.1 Å². The first-order valence-corrected chi connectivity index (χ1v) is 12.6. The zero-order valence-corrected chi connectivity index (χ0v) is 20.5. The number of rotatable bonds is 9. The van der Waals surface area contributed by atoms with Crippen LogP contribution in [0.4, 0.5) is 4.39 Å². The predicted octanol–water partition coefficient (Wildman–Crippen LogP) is 5.06. The number of halogens is 1. The summed E-state index contributed by atoms with van der Waals surface area (Å²) in [4.78, 5) is 12.2. The molecule has 1 amide bonds. The van der Waals surface area contributed by atoms with Crippen molar-refractivity contribution in [3.05, 3.63) is 65.5 Å². The van der Waals surface area contributed by atoms with E-state index in [1.165, 1.54) is 23.4 Å². The maximum Gasteiger partial charge on any atom is 0.230 e. The third-order valence-corrected chi connectivity index (χ3v) is 6.99. The minimum absolute atomic E-state index is 0.0550. The van der Waals surface area contributed by atoms with E-state index in [2.05, 4.69) is 60.6 Å². The minimum Gasteiger partial charge on any atom is -0.355 e. The lowest BCUT2D eigenvalue weighted by molar-refractivity contribution is -0.118. The number of hydrogen-bond acceptors (Lipinski definition) is 5. The van der Waals surface area contributed by atoms with Crippen LogP contribution in [-0.4, -0.2) is 38.7 Å². The molecule has 32 heavy (non-hydrogen) atoms. The molecule has 2 aromatic carbocycles. The molecule has 1 N–H and O–H groups in total. The highest BCUT2D eigenvalue weighted by molar-refractivity contribution is 7.99. The summed E-state index contributed by atoms with van der Waals surface area (Å²) in [5, 5.41) is 12.1. The van der Waals surface area contributed by atoms with Gasteiger partial charge in [0, 0.05) is 30.7 Å². The normalized spacial score (nSPS) is 11.5. The fraction of sp³-hybridized carbons (Fsp3) is 0.375. The van der Waals surface area contributed by atoms with Crippen LogP contribution in [-0.2, 0) is 23.0 Å². The molecule has 0 unspecified atom stereocenters. The zero-order valence-electron chi connectivity index (χ0n) is 18.9. The molecule has 0 aliphatic rings. The van der Waals surface area contributed by atoms with Gasteiger partial charge in [0.05, 0.1) is 5.75 Å². The van der Waals surface area contributed by atoms with Crippen molar-refractivity contribution >= 4 is 29.4 Å². The van der Waals surface area contributed by atoms with E-state index in [-0.39, 0.29) is 22.9 Å². The fourth-order valence-electron chi connectivity index (χ4n) is 3.05. The monoisotopic (exact) mass is 472 g/mol. The smallest absolute Gasteiger partial charge is 0.230 e. The summed E-state index contributed by atoms with van der Waals surface area (Å²) in [6, 6.07) is 15.1. The number of nitrogens with zero attached hydrogens (tertiary/aromatic N) is 3. The molecule has 0 spiro atoms. The summed E-state index contributed by atoms with van der Waals surface area (Å²) < 4.78 is 15.5. The number of nitrogens with one attached hydrogen (secondary N) is 1. The Morgan fingerprint density at radius 2 is 1.81 bits per heavy atom. The van der Waals surface area contributed by atoms with E-state index in [0.29, 0.717) is 23.0 Å². The van der Waals surface area contributed by atoms with E-state index in [1.54, 1.807) is 23.9 Å². The number of carbonyl (C=O) groups is 1. The largest absolute Gasteiger partial charge is 0.355 e. The van der Waals surface area contributed by atoms with Crippen LogP contribution in [0.3, 0.4) is 0 Å². The first-order valence-electron chi connectivity index (χ1n) is 10.5. The van der Waals surface area contributed by atoms with Crippen molar-refractivity contribution in [2.75, 3.05) is 18.1 Å². The van der Waals surface area contributed by atoms with Crippen LogP contribution in [0.2, 0.25) is 0 Å². The molecule has 0 bridgehead atoms. The molecule has 0 saturated carbocycles. The van der Waals surface area contributed by atoms with Crippen molar-refractivity contribution in [1.29, 1.82) is 0 Å². The fourth-order valence-corrected chi connectivity index (χ4v) is 4.64. The molecule has 0 atom stereocenters. The summed E-state index contributed by atoms with van der Waals surface area (Å²) >= 11 is 2.96. The summed E-state index contributed by atoms with van der Waals surface area (Å²) in [5.41, 5.74) is 3.05. The summed E-state index contributed by atoms with van der Waals surface area (Å²) in [6.07, 6.45) is 0. The van der Waals surface area contributed by atoms with Crippen LogP contribution in [0.25, 0.3) is 11.4 Å². The van der Waals surface area contributed by atoms with Crippen LogP contribution in [0.15, 0.2) is 53.7 Å². The highest BCUT2D eigenvalue weighted by Crippen LogP contribution is 2.27. The van der Waals surface area contributed by atoms with Gasteiger partial charge in [-0.25, -0.2) is 4.39 Å². The molecule has 1 aromatic heterocycles. The first-order chi connectivity index (χ1) is 15.3. The number of carbonyl (C=O) groups excluding carboxylic acids is 1. The van der Waals surface area contributed by atoms with Gasteiger partial charge in [-0.05, 0) is 22.6 Å². The number of thioether (sulfide) groups is 2. The Morgan fingerprint density at radius 3 is 2.50 bits per heavy atom. The lowest BCUT2D eigenvalue weighted by atomic mass is 9.87. The highest BCUT2D eigenvalue weighted by atomic mass is 32.2. The van der Waals surface area contributed by atoms with Gasteiger partial charge in [0.1, 0.15) is 5.82 Å². The Bertz CT molecular complexity index is 1040. The maximum absolute atomic E-state index is 13.6. The molecule has 5 nitrogen and oxygen atoms in total. The van der Waals surface area contributed by atoms with Gasteiger partial charge in [-0.3, -0.25) is 4.79 Å². The average Bonchev–Trinajstić information content (AvgIpc) is 3.13. The molecule has 0 fully saturated rings. The quantitative estimate of drug-likeness (QED) is 0.348. The molecular formula is C24H29FN4OS2. The summed E-state index contributed by atoms with van der Waals surface area (Å²) in [5.74, 6) is 2.12. The van der Waals surface area contributed by atoms with E-state index in [9.17, 15) is 9.18 Å². The van der Waals surface area contributed by atoms with Crippen LogP contribution in [0.5, 0.6) is 0 Å². The van der Waals surface area contributed by atoms with E-state index >= 15 is 0 Å². The van der Waals surface area contributed by atoms with Gasteiger partial charge in [0.25, 0.3) is 0 Å². The van der Waals surface area contributed by atoms with Crippen molar-refractivity contribution < 1.29 is 9.18 Å². The Hall–Kier alpha value is -2.32. The molecule has 3 rings (SSSR count). The van der Waals surface area contributed by atoms with Crippen molar-refractivity contribution in [3.8, 4) is 11.4 Å². The van der Waals surface area contributed by atoms with Gasteiger partial charge in [-0.1, -0.05) is 75.0 Å². The average molecular weight is 473 g/mol. The molecule has 8 heteroatoms. The lowest BCUT2D eigenvalue weighted by Gasteiger charge is -2.19. The molecule has 1 heterocycles. The molecule has 170 valence electrons. The lowest BCUT2D eigenvalue weighted by Crippen LogP contribution is -2.27. The summed E-state index contributed by atoms with van der Waals surface area (Å²) in [6.45, 7) is 7.10. The topological polar surface area (TPSA) is 59.8 Å². The number of hydrogen-bond donors (Lipinski definition) is 1.